The van der Waals surface area contributed by atoms with Gasteiger partial charge in [0.2, 0.25) is 0 Å². The lowest BCUT2D eigenvalue weighted by atomic mass is 9.95. The van der Waals surface area contributed by atoms with Gasteiger partial charge in [0.25, 0.3) is 6.02 Å². The molecule has 0 spiro atoms. The molecule has 3 rings (SSSR count). The van der Waals surface area contributed by atoms with E-state index in [1.165, 1.54) is 11.1 Å². The lowest BCUT2D eigenvalue weighted by Crippen LogP contribution is -2.31. The van der Waals surface area contributed by atoms with E-state index in [0.717, 1.165) is 22.3 Å². The Morgan fingerprint density at radius 3 is 2.52 bits per heavy atom. The first kappa shape index (κ1) is 14.1. The normalized spacial score (nSPS) is 16.2. The zero-order valence-electron chi connectivity index (χ0n) is 12.8. The lowest BCUT2D eigenvalue weighted by molar-refractivity contribution is 0.382. The second kappa shape index (κ2) is 4.60. The van der Waals surface area contributed by atoms with Gasteiger partial charge < -0.3 is 10.1 Å². The summed E-state index contributed by atoms with van der Waals surface area (Å²) in [7, 11) is 1.59. The van der Waals surface area contributed by atoms with Crippen LogP contribution in [0.1, 0.15) is 30.7 Å². The number of benzene rings is 1. The van der Waals surface area contributed by atoms with Gasteiger partial charge in [-0.1, -0.05) is 11.6 Å². The van der Waals surface area contributed by atoms with E-state index in [-0.39, 0.29) is 0 Å². The van der Waals surface area contributed by atoms with Gasteiger partial charge in [0, 0.05) is 5.39 Å². The second-order valence-corrected chi connectivity index (χ2v) is 6.29. The standard InChI is InChI=1S/C16H18ClN3O/c1-8-6-10-11(7-9(8)2)18-14-13(12(10)17)19-15(21-5)20-16(14,3)4/h6-7H,1-5H3,(H,19,20). The lowest BCUT2D eigenvalue weighted by Gasteiger charge is -2.29. The van der Waals surface area contributed by atoms with Crippen molar-refractivity contribution < 1.29 is 4.74 Å². The highest BCUT2D eigenvalue weighted by Crippen LogP contribution is 2.41. The molecule has 0 bridgehead atoms. The first-order valence-electron chi connectivity index (χ1n) is 6.85. The monoisotopic (exact) mass is 303 g/mol. The van der Waals surface area contributed by atoms with Gasteiger partial charge in [-0.15, -0.1) is 0 Å². The number of ether oxygens (including phenoxy) is 1. The number of rotatable bonds is 0. The second-order valence-electron chi connectivity index (χ2n) is 5.91. The van der Waals surface area contributed by atoms with E-state index < -0.39 is 5.54 Å². The number of aromatic nitrogens is 1. The minimum atomic E-state index is -0.484. The third-order valence-electron chi connectivity index (χ3n) is 3.92. The summed E-state index contributed by atoms with van der Waals surface area (Å²) in [6.07, 6.45) is 0. The largest absolute Gasteiger partial charge is 0.468 e. The molecule has 0 fully saturated rings. The van der Waals surface area contributed by atoms with Crippen LogP contribution >= 0.6 is 11.6 Å². The van der Waals surface area contributed by atoms with Crippen molar-refractivity contribution in [1.29, 1.82) is 0 Å². The molecule has 0 atom stereocenters. The summed E-state index contributed by atoms with van der Waals surface area (Å²) in [5.41, 5.74) is 4.43. The summed E-state index contributed by atoms with van der Waals surface area (Å²) in [5, 5.41) is 4.74. The third kappa shape index (κ3) is 2.14. The van der Waals surface area contributed by atoms with Crippen molar-refractivity contribution in [2.45, 2.75) is 33.2 Å². The number of anilines is 1. The maximum atomic E-state index is 6.62. The molecule has 21 heavy (non-hydrogen) atoms. The van der Waals surface area contributed by atoms with Crippen LogP contribution in [0.15, 0.2) is 17.1 Å². The maximum Gasteiger partial charge on any atom is 0.289 e. The Balaban J connectivity index is 2.35. The quantitative estimate of drug-likeness (QED) is 0.794. The highest BCUT2D eigenvalue weighted by atomic mass is 35.5. The summed E-state index contributed by atoms with van der Waals surface area (Å²) in [5.74, 6) is 0. The highest BCUT2D eigenvalue weighted by Gasteiger charge is 2.33. The van der Waals surface area contributed by atoms with Crippen LogP contribution < -0.4 is 5.32 Å². The number of hydrogen-bond donors (Lipinski definition) is 1. The first-order chi connectivity index (χ1) is 9.83. The number of halogens is 1. The van der Waals surface area contributed by atoms with Crippen molar-refractivity contribution in [1.82, 2.24) is 4.98 Å². The van der Waals surface area contributed by atoms with E-state index in [2.05, 4.69) is 36.3 Å². The Hall–Kier alpha value is -1.81. The van der Waals surface area contributed by atoms with Crippen LogP contribution in [0, 0.1) is 13.8 Å². The summed E-state index contributed by atoms with van der Waals surface area (Å²) in [6, 6.07) is 4.61. The molecule has 0 saturated heterocycles. The molecule has 1 N–H and O–H groups in total. The van der Waals surface area contributed by atoms with Gasteiger partial charge in [-0.25, -0.2) is 9.98 Å². The summed E-state index contributed by atoms with van der Waals surface area (Å²) >= 11 is 6.62. The van der Waals surface area contributed by atoms with Gasteiger partial charge in [-0.2, -0.15) is 0 Å². The number of nitrogens with zero attached hydrogens (tertiary/aromatic N) is 2. The molecule has 1 aliphatic heterocycles. The minimum absolute atomic E-state index is 0.458. The number of amidine groups is 1. The van der Waals surface area contributed by atoms with E-state index in [4.69, 9.17) is 21.3 Å². The fourth-order valence-electron chi connectivity index (χ4n) is 2.58. The molecule has 0 radical (unpaired) electrons. The minimum Gasteiger partial charge on any atom is -0.468 e. The maximum absolute atomic E-state index is 6.62. The predicted molar refractivity (Wildman–Crippen MR) is 87.3 cm³/mol. The average molecular weight is 304 g/mol. The molecular weight excluding hydrogens is 286 g/mol. The molecule has 0 saturated carbocycles. The fourth-order valence-corrected chi connectivity index (χ4v) is 2.87. The van der Waals surface area contributed by atoms with Crippen LogP contribution in [-0.4, -0.2) is 18.1 Å². The highest BCUT2D eigenvalue weighted by molar-refractivity contribution is 6.38. The Labute approximate surface area is 129 Å². The predicted octanol–water partition coefficient (Wildman–Crippen LogP) is 4.17. The Kier molecular flexibility index (Phi) is 3.10. The van der Waals surface area contributed by atoms with Crippen LogP contribution in [-0.2, 0) is 10.3 Å². The summed E-state index contributed by atoms with van der Waals surface area (Å²) < 4.78 is 5.25. The molecule has 5 heteroatoms. The molecule has 2 heterocycles. The SMILES string of the molecule is COC1=NC(C)(C)c2nc3cc(C)c(C)cc3c(Cl)c2N1. The van der Waals surface area contributed by atoms with E-state index >= 15 is 0 Å². The van der Waals surface area contributed by atoms with Crippen LogP contribution in [0.25, 0.3) is 10.9 Å². The zero-order chi connectivity index (χ0) is 15.4. The molecule has 1 aliphatic rings. The first-order valence-corrected chi connectivity index (χ1v) is 7.23. The van der Waals surface area contributed by atoms with Crippen LogP contribution in [0.3, 0.4) is 0 Å². The molecular formula is C16H18ClN3O. The van der Waals surface area contributed by atoms with E-state index in [1.54, 1.807) is 7.11 Å². The Morgan fingerprint density at radius 2 is 1.86 bits per heavy atom. The third-order valence-corrected chi connectivity index (χ3v) is 4.32. The molecule has 0 aliphatic carbocycles. The van der Waals surface area contributed by atoms with Crippen molar-refractivity contribution in [3.63, 3.8) is 0 Å². The Morgan fingerprint density at radius 1 is 1.19 bits per heavy atom. The van der Waals surface area contributed by atoms with Gasteiger partial charge >= 0.3 is 0 Å². The van der Waals surface area contributed by atoms with Crippen molar-refractivity contribution in [2.24, 2.45) is 4.99 Å². The molecule has 4 nitrogen and oxygen atoms in total. The van der Waals surface area contributed by atoms with Gasteiger partial charge in [0.1, 0.15) is 5.54 Å². The molecule has 110 valence electrons. The number of nitrogens with one attached hydrogen (secondary N) is 1. The summed E-state index contributed by atoms with van der Waals surface area (Å²) in [6.45, 7) is 8.15. The number of pyridine rings is 1. The van der Waals surface area contributed by atoms with Gasteiger partial charge in [0.05, 0.1) is 29.0 Å². The molecule has 1 aromatic carbocycles. The van der Waals surface area contributed by atoms with E-state index in [0.29, 0.717) is 11.0 Å². The fraction of sp³-hybridized carbons (Fsp3) is 0.375. The van der Waals surface area contributed by atoms with Crippen molar-refractivity contribution in [3.8, 4) is 0 Å². The Bertz CT molecular complexity index is 781. The zero-order valence-corrected chi connectivity index (χ0v) is 13.6. The smallest absolute Gasteiger partial charge is 0.289 e. The van der Waals surface area contributed by atoms with Gasteiger partial charge in [-0.05, 0) is 51.0 Å². The topological polar surface area (TPSA) is 46.5 Å². The number of hydrogen-bond acceptors (Lipinski definition) is 4. The van der Waals surface area contributed by atoms with Gasteiger partial charge in [0.15, 0.2) is 0 Å². The van der Waals surface area contributed by atoms with Gasteiger partial charge in [-0.3, -0.25) is 0 Å². The molecule has 1 aromatic heterocycles. The number of aliphatic imine (C=N–C) groups is 1. The number of methoxy groups -OCH3 is 1. The molecule has 0 amide bonds. The van der Waals surface area contributed by atoms with E-state index in [9.17, 15) is 0 Å². The molecule has 2 aromatic rings. The van der Waals surface area contributed by atoms with Crippen LogP contribution in [0.5, 0.6) is 0 Å². The summed E-state index contributed by atoms with van der Waals surface area (Å²) in [4.78, 5) is 9.31. The average Bonchev–Trinajstić information content (AvgIpc) is 2.42. The molecule has 0 unspecified atom stereocenters. The van der Waals surface area contributed by atoms with Crippen molar-refractivity contribution in [3.05, 3.63) is 34.0 Å². The van der Waals surface area contributed by atoms with Crippen LogP contribution in [0.4, 0.5) is 5.69 Å². The number of fused-ring (bicyclic) bond motifs is 2. The van der Waals surface area contributed by atoms with E-state index in [1.807, 2.05) is 13.8 Å². The van der Waals surface area contributed by atoms with Crippen LogP contribution in [0.2, 0.25) is 5.02 Å². The number of aryl methyl sites for hydroxylation is 2. The van der Waals surface area contributed by atoms with Crippen molar-refractivity contribution in [2.75, 3.05) is 12.4 Å². The van der Waals surface area contributed by atoms with Crippen molar-refractivity contribution >= 4 is 34.2 Å².